The molecule has 4 nitrogen and oxygen atoms in total. The van der Waals surface area contributed by atoms with Gasteiger partial charge in [0.1, 0.15) is 0 Å². The third kappa shape index (κ3) is 2.84. The van der Waals surface area contributed by atoms with Crippen molar-refractivity contribution in [3.05, 3.63) is 0 Å². The van der Waals surface area contributed by atoms with Crippen LogP contribution in [0.2, 0.25) is 0 Å². The molecule has 1 aliphatic rings. The van der Waals surface area contributed by atoms with Gasteiger partial charge in [0.2, 0.25) is 0 Å². The maximum absolute atomic E-state index is 11.9. The van der Waals surface area contributed by atoms with E-state index in [9.17, 15) is 4.79 Å². The largest absolute Gasteiger partial charge is 0.324 e. The lowest BCUT2D eigenvalue weighted by atomic mass is 10.0. The molecule has 1 fully saturated rings. The highest BCUT2D eigenvalue weighted by Gasteiger charge is 2.37. The first-order valence-electron chi connectivity index (χ1n) is 5.53. The maximum atomic E-state index is 11.9. The Bertz CT molecular complexity index is 245. The lowest BCUT2D eigenvalue weighted by molar-refractivity contribution is 0.186. The molecule has 0 bridgehead atoms. The summed E-state index contributed by atoms with van der Waals surface area (Å²) >= 11 is 0. The smallest absolute Gasteiger partial charge is 0.320 e. The van der Waals surface area contributed by atoms with Crippen molar-refractivity contribution in [3.8, 4) is 0 Å². The number of rotatable bonds is 3. The number of nitrogens with zero attached hydrogens (tertiary/aromatic N) is 2. The van der Waals surface area contributed by atoms with E-state index in [1.165, 1.54) is 0 Å². The number of urea groups is 1. The van der Waals surface area contributed by atoms with Crippen molar-refractivity contribution in [1.82, 2.24) is 9.80 Å². The van der Waals surface area contributed by atoms with Crippen LogP contribution in [0.5, 0.6) is 0 Å². The van der Waals surface area contributed by atoms with Crippen molar-refractivity contribution < 1.29 is 4.79 Å². The molecule has 1 aliphatic heterocycles. The molecule has 1 rings (SSSR count). The number of nitrogens with two attached hydrogens (primary N) is 1. The van der Waals surface area contributed by atoms with Crippen LogP contribution in [0, 0.1) is 5.92 Å². The zero-order valence-corrected chi connectivity index (χ0v) is 10.4. The number of hydrogen-bond acceptors (Lipinski definition) is 2. The van der Waals surface area contributed by atoms with Gasteiger partial charge in [0.25, 0.3) is 0 Å². The highest BCUT2D eigenvalue weighted by Crippen LogP contribution is 2.21. The van der Waals surface area contributed by atoms with Gasteiger partial charge in [0.15, 0.2) is 0 Å². The van der Waals surface area contributed by atoms with E-state index < -0.39 is 0 Å². The molecule has 1 heterocycles. The molecular formula is C11H23N3O. The van der Waals surface area contributed by atoms with Gasteiger partial charge in [-0.3, -0.25) is 0 Å². The molecule has 15 heavy (non-hydrogen) atoms. The molecule has 88 valence electrons. The molecule has 1 saturated heterocycles. The molecule has 1 atom stereocenters. The number of hydrogen-bond donors (Lipinski definition) is 1. The minimum absolute atomic E-state index is 0.104. The second kappa shape index (κ2) is 4.00. The summed E-state index contributed by atoms with van der Waals surface area (Å²) in [7, 11) is 1.87. The van der Waals surface area contributed by atoms with Crippen molar-refractivity contribution in [2.75, 3.05) is 20.1 Å². The topological polar surface area (TPSA) is 49.6 Å². The molecule has 1 unspecified atom stereocenters. The predicted octanol–water partition coefficient (Wildman–Crippen LogP) is 1.12. The van der Waals surface area contributed by atoms with Crippen LogP contribution in [0.1, 0.15) is 27.7 Å². The van der Waals surface area contributed by atoms with Crippen LogP contribution in [0.4, 0.5) is 4.79 Å². The van der Waals surface area contributed by atoms with Crippen LogP contribution in [0.3, 0.4) is 0 Å². The number of amides is 2. The second-order valence-electron chi connectivity index (χ2n) is 5.57. The SMILES string of the molecule is CC(C)C1CN(CC(C)(C)N)C(=O)N1C. The monoisotopic (exact) mass is 213 g/mol. The van der Waals surface area contributed by atoms with Gasteiger partial charge < -0.3 is 15.5 Å². The van der Waals surface area contributed by atoms with Crippen molar-refractivity contribution in [2.45, 2.75) is 39.3 Å². The van der Waals surface area contributed by atoms with Gasteiger partial charge in [-0.15, -0.1) is 0 Å². The van der Waals surface area contributed by atoms with Gasteiger partial charge in [0.05, 0.1) is 6.04 Å². The summed E-state index contributed by atoms with van der Waals surface area (Å²) in [5.74, 6) is 0.491. The summed E-state index contributed by atoms with van der Waals surface area (Å²) in [4.78, 5) is 15.6. The fraction of sp³-hybridized carbons (Fsp3) is 0.909. The first-order valence-corrected chi connectivity index (χ1v) is 5.53. The van der Waals surface area contributed by atoms with E-state index in [4.69, 9.17) is 5.73 Å². The van der Waals surface area contributed by atoms with Gasteiger partial charge in [-0.05, 0) is 19.8 Å². The molecule has 0 aliphatic carbocycles. The molecule has 2 N–H and O–H groups in total. The predicted molar refractivity (Wildman–Crippen MR) is 61.6 cm³/mol. The second-order valence-corrected chi connectivity index (χ2v) is 5.57. The van der Waals surface area contributed by atoms with E-state index in [0.717, 1.165) is 6.54 Å². The Morgan fingerprint density at radius 1 is 1.53 bits per heavy atom. The van der Waals surface area contributed by atoms with E-state index in [2.05, 4.69) is 13.8 Å². The minimum Gasteiger partial charge on any atom is -0.324 e. The van der Waals surface area contributed by atoms with Gasteiger partial charge in [-0.1, -0.05) is 13.8 Å². The third-order valence-electron chi connectivity index (χ3n) is 2.85. The normalized spacial score (nSPS) is 23.1. The van der Waals surface area contributed by atoms with E-state index >= 15 is 0 Å². The van der Waals surface area contributed by atoms with E-state index in [1.54, 1.807) is 0 Å². The fourth-order valence-corrected chi connectivity index (χ4v) is 2.07. The number of carbonyl (C=O) groups excluding carboxylic acids is 1. The lowest BCUT2D eigenvalue weighted by Gasteiger charge is -2.25. The molecule has 4 heteroatoms. The third-order valence-corrected chi connectivity index (χ3v) is 2.85. The van der Waals surface area contributed by atoms with E-state index in [1.807, 2.05) is 30.7 Å². The Hall–Kier alpha value is -0.770. The molecule has 0 aromatic rings. The highest BCUT2D eigenvalue weighted by atomic mass is 16.2. The summed E-state index contributed by atoms with van der Waals surface area (Å²) in [6, 6.07) is 0.423. The Kier molecular flexibility index (Phi) is 3.28. The Morgan fingerprint density at radius 3 is 2.40 bits per heavy atom. The van der Waals surface area contributed by atoms with Crippen LogP contribution in [-0.2, 0) is 0 Å². The number of likely N-dealkylation sites (N-methyl/N-ethyl adjacent to an activating group) is 1. The Balaban J connectivity index is 2.68. The summed E-state index contributed by atoms with van der Waals surface area (Å²) in [5, 5.41) is 0. The molecule has 0 aromatic carbocycles. The van der Waals surface area contributed by atoms with Crippen molar-refractivity contribution in [1.29, 1.82) is 0 Å². The standard InChI is InChI=1S/C11H23N3O/c1-8(2)9-6-14(7-11(3,4)12)10(15)13(9)5/h8-9H,6-7,12H2,1-5H3. The van der Waals surface area contributed by atoms with Gasteiger partial charge in [-0.2, -0.15) is 0 Å². The van der Waals surface area contributed by atoms with Gasteiger partial charge >= 0.3 is 6.03 Å². The zero-order valence-electron chi connectivity index (χ0n) is 10.4. The first-order chi connectivity index (χ1) is 6.72. The fourth-order valence-electron chi connectivity index (χ4n) is 2.07. The maximum Gasteiger partial charge on any atom is 0.320 e. The number of carbonyl (C=O) groups is 1. The minimum atomic E-state index is -0.317. The van der Waals surface area contributed by atoms with Crippen molar-refractivity contribution in [2.24, 2.45) is 11.7 Å². The summed E-state index contributed by atoms with van der Waals surface area (Å²) in [6.07, 6.45) is 0. The Morgan fingerprint density at radius 2 is 2.07 bits per heavy atom. The summed E-state index contributed by atoms with van der Waals surface area (Å²) in [5.41, 5.74) is 5.61. The van der Waals surface area contributed by atoms with E-state index in [-0.39, 0.29) is 11.6 Å². The highest BCUT2D eigenvalue weighted by molar-refractivity contribution is 5.77. The van der Waals surface area contributed by atoms with Crippen LogP contribution in [0.25, 0.3) is 0 Å². The molecule has 2 amide bonds. The molecular weight excluding hydrogens is 190 g/mol. The molecule has 0 aromatic heterocycles. The van der Waals surface area contributed by atoms with Crippen LogP contribution in [0.15, 0.2) is 0 Å². The van der Waals surface area contributed by atoms with Crippen LogP contribution < -0.4 is 5.73 Å². The van der Waals surface area contributed by atoms with Gasteiger partial charge in [-0.25, -0.2) is 4.79 Å². The average Bonchev–Trinajstić information content (AvgIpc) is 2.30. The van der Waals surface area contributed by atoms with Crippen molar-refractivity contribution in [3.63, 3.8) is 0 Å². The Labute approximate surface area is 92.4 Å². The molecule has 0 radical (unpaired) electrons. The molecule has 0 saturated carbocycles. The van der Waals surface area contributed by atoms with Crippen LogP contribution >= 0.6 is 0 Å². The quantitative estimate of drug-likeness (QED) is 0.763. The summed E-state index contributed by atoms with van der Waals surface area (Å²) < 4.78 is 0. The van der Waals surface area contributed by atoms with Crippen molar-refractivity contribution >= 4 is 6.03 Å². The van der Waals surface area contributed by atoms with Crippen LogP contribution in [-0.4, -0.2) is 47.5 Å². The first kappa shape index (κ1) is 12.3. The lowest BCUT2D eigenvalue weighted by Crippen LogP contribution is -2.46. The summed E-state index contributed by atoms with van der Waals surface area (Å²) in [6.45, 7) is 9.61. The zero-order chi connectivity index (χ0) is 11.8. The molecule has 0 spiro atoms. The van der Waals surface area contributed by atoms with Gasteiger partial charge in [0, 0.05) is 25.7 Å². The average molecular weight is 213 g/mol. The van der Waals surface area contributed by atoms with E-state index in [0.29, 0.717) is 18.5 Å².